The fourth-order valence-electron chi connectivity index (χ4n) is 4.00. The van der Waals surface area contributed by atoms with Gasteiger partial charge in [0.25, 0.3) is 0 Å². The van der Waals surface area contributed by atoms with Crippen LogP contribution < -0.4 is 16.3 Å². The predicted octanol–water partition coefficient (Wildman–Crippen LogP) is 0.355. The van der Waals surface area contributed by atoms with Crippen LogP contribution in [0.3, 0.4) is 0 Å². The van der Waals surface area contributed by atoms with Gasteiger partial charge in [-0.1, -0.05) is 12.1 Å². The Kier molecular flexibility index (Phi) is 6.93. The maximum Gasteiger partial charge on any atom is 0.490 e. The third-order valence-corrected chi connectivity index (χ3v) is 5.71. The highest BCUT2D eigenvalue weighted by Gasteiger charge is 2.38. The first-order valence-electron chi connectivity index (χ1n) is 10.2. The van der Waals surface area contributed by atoms with Crippen molar-refractivity contribution in [1.82, 2.24) is 24.7 Å². The van der Waals surface area contributed by atoms with Gasteiger partial charge in [-0.15, -0.1) is 0 Å². The van der Waals surface area contributed by atoms with Crippen LogP contribution in [0, 0.1) is 0 Å². The summed E-state index contributed by atoms with van der Waals surface area (Å²) >= 11 is 0. The molecule has 0 aliphatic carbocycles. The molecule has 33 heavy (non-hydrogen) atoms. The summed E-state index contributed by atoms with van der Waals surface area (Å²) in [5.41, 5.74) is 2.45. The Balaban J connectivity index is 0.000000383. The number of carboxylic acid groups (broad SMARTS) is 1. The summed E-state index contributed by atoms with van der Waals surface area (Å²) < 4.78 is 34.9. The summed E-state index contributed by atoms with van der Waals surface area (Å²) in [6.45, 7) is 2.73. The number of fused-ring (bicyclic) bond motifs is 1. The van der Waals surface area contributed by atoms with Crippen LogP contribution in [0.25, 0.3) is 11.0 Å². The molecule has 0 spiro atoms. The van der Waals surface area contributed by atoms with Crippen molar-refractivity contribution < 1.29 is 32.7 Å². The topological polar surface area (TPSA) is 126 Å². The van der Waals surface area contributed by atoms with Crippen molar-refractivity contribution in [3.63, 3.8) is 0 Å². The number of carbonyl (C=O) groups is 3. The molecular weight excluding hydrogens is 447 g/mol. The predicted molar refractivity (Wildman–Crippen MR) is 110 cm³/mol. The van der Waals surface area contributed by atoms with Crippen LogP contribution in [0.1, 0.15) is 24.4 Å². The molecule has 2 fully saturated rings. The molecule has 3 N–H and O–H groups in total. The summed E-state index contributed by atoms with van der Waals surface area (Å²) in [6.07, 6.45) is -4.48. The van der Waals surface area contributed by atoms with E-state index in [2.05, 4.69) is 15.5 Å². The Morgan fingerprint density at radius 3 is 2.42 bits per heavy atom. The smallest absolute Gasteiger partial charge is 0.475 e. The van der Waals surface area contributed by atoms with Gasteiger partial charge in [0, 0.05) is 39.1 Å². The molecule has 2 aliphatic rings. The zero-order chi connectivity index (χ0) is 24.5. The number of carbonyl (C=O) groups excluding carboxylic acids is 2. The third kappa shape index (κ3) is 5.09. The SMILES string of the molecule is CNC1CN(Cc2cccc3c2n(C)c(=O)n3C2CCC(=O)NC2=O)C1.O=C(O)C(F)(F)F. The van der Waals surface area contributed by atoms with Gasteiger partial charge in [-0.25, -0.2) is 9.59 Å². The molecule has 0 bridgehead atoms. The molecule has 2 amide bonds. The number of aryl methyl sites for hydroxylation is 1. The number of aliphatic carboxylic acids is 1. The largest absolute Gasteiger partial charge is 0.490 e. The van der Waals surface area contributed by atoms with Gasteiger partial charge < -0.3 is 10.4 Å². The molecule has 1 aromatic carbocycles. The third-order valence-electron chi connectivity index (χ3n) is 5.71. The number of aromatic nitrogens is 2. The van der Waals surface area contributed by atoms with Crippen LogP contribution in [-0.4, -0.2) is 69.3 Å². The number of para-hydroxylation sites is 1. The van der Waals surface area contributed by atoms with E-state index in [4.69, 9.17) is 9.90 Å². The minimum absolute atomic E-state index is 0.223. The van der Waals surface area contributed by atoms with Crippen molar-refractivity contribution in [2.24, 2.45) is 7.05 Å². The Bertz CT molecular complexity index is 1130. The number of alkyl halides is 3. The standard InChI is InChI=1S/C18H23N5O3.C2HF3O2/c1-19-12-9-22(10-12)8-11-4-3-5-13-16(11)21(2)18(26)23(13)14-6-7-15(24)20-17(14)25;3-2(4,5)1(6)7/h3-5,12,14,19H,6-10H2,1-2H3,(H,20,24,25);(H,6,7). The van der Waals surface area contributed by atoms with Crippen molar-refractivity contribution in [2.75, 3.05) is 20.1 Å². The van der Waals surface area contributed by atoms with E-state index < -0.39 is 24.1 Å². The summed E-state index contributed by atoms with van der Waals surface area (Å²) in [7, 11) is 3.70. The quantitative estimate of drug-likeness (QED) is 0.550. The molecule has 2 saturated heterocycles. The molecule has 3 heterocycles. The number of carboxylic acids is 1. The molecule has 2 aliphatic heterocycles. The molecule has 180 valence electrons. The maximum absolute atomic E-state index is 12.9. The van der Waals surface area contributed by atoms with E-state index in [1.807, 2.05) is 25.2 Å². The second-order valence-corrected chi connectivity index (χ2v) is 7.95. The van der Waals surface area contributed by atoms with Crippen molar-refractivity contribution in [3.8, 4) is 0 Å². The molecule has 4 rings (SSSR count). The zero-order valence-electron chi connectivity index (χ0n) is 18.0. The number of nitrogens with zero attached hydrogens (tertiary/aromatic N) is 3. The van der Waals surface area contributed by atoms with Gasteiger partial charge in [-0.05, 0) is 25.1 Å². The first-order chi connectivity index (χ1) is 15.4. The maximum atomic E-state index is 12.9. The summed E-state index contributed by atoms with van der Waals surface area (Å²) in [6, 6.07) is 5.71. The first kappa shape index (κ1) is 24.5. The highest BCUT2D eigenvalue weighted by molar-refractivity contribution is 6.00. The van der Waals surface area contributed by atoms with E-state index >= 15 is 0 Å². The first-order valence-corrected chi connectivity index (χ1v) is 10.2. The lowest BCUT2D eigenvalue weighted by Crippen LogP contribution is -2.56. The number of rotatable bonds is 4. The Hall–Kier alpha value is -3.19. The number of imide groups is 1. The lowest BCUT2D eigenvalue weighted by molar-refractivity contribution is -0.192. The molecule has 1 atom stereocenters. The van der Waals surface area contributed by atoms with Crippen molar-refractivity contribution >= 4 is 28.8 Å². The number of amides is 2. The van der Waals surface area contributed by atoms with Gasteiger partial charge in [0.1, 0.15) is 6.04 Å². The molecule has 1 unspecified atom stereocenters. The van der Waals surface area contributed by atoms with Crippen molar-refractivity contribution in [3.05, 3.63) is 34.2 Å². The highest BCUT2D eigenvalue weighted by atomic mass is 19.4. The second kappa shape index (κ2) is 9.35. The highest BCUT2D eigenvalue weighted by Crippen LogP contribution is 2.26. The summed E-state index contributed by atoms with van der Waals surface area (Å²) in [5, 5.41) is 12.7. The number of benzene rings is 1. The Labute approximate surface area is 185 Å². The van der Waals surface area contributed by atoms with E-state index in [1.165, 1.54) is 4.57 Å². The number of hydrogen-bond donors (Lipinski definition) is 3. The lowest BCUT2D eigenvalue weighted by atomic mass is 10.0. The summed E-state index contributed by atoms with van der Waals surface area (Å²) in [5.74, 6) is -3.44. The number of halogens is 3. The number of piperidine rings is 1. The lowest BCUT2D eigenvalue weighted by Gasteiger charge is -2.39. The molecule has 1 aromatic heterocycles. The zero-order valence-corrected chi connectivity index (χ0v) is 18.0. The van der Waals surface area contributed by atoms with Gasteiger partial charge in [-0.2, -0.15) is 13.2 Å². The number of likely N-dealkylation sites (tertiary alicyclic amines) is 1. The van der Waals surface area contributed by atoms with Gasteiger partial charge >= 0.3 is 17.8 Å². The molecule has 13 heteroatoms. The van der Waals surface area contributed by atoms with Gasteiger partial charge in [-0.3, -0.25) is 28.9 Å². The summed E-state index contributed by atoms with van der Waals surface area (Å²) in [4.78, 5) is 47.8. The molecule has 10 nitrogen and oxygen atoms in total. The molecule has 0 radical (unpaired) electrons. The fourth-order valence-corrected chi connectivity index (χ4v) is 4.00. The van der Waals surface area contributed by atoms with Gasteiger partial charge in [0.15, 0.2) is 0 Å². The normalized spacial score (nSPS) is 19.6. The van der Waals surface area contributed by atoms with Crippen molar-refractivity contribution in [1.29, 1.82) is 0 Å². The monoisotopic (exact) mass is 471 g/mol. The van der Waals surface area contributed by atoms with Crippen LogP contribution in [-0.2, 0) is 28.0 Å². The molecule has 0 saturated carbocycles. The van der Waals surface area contributed by atoms with E-state index in [9.17, 15) is 27.6 Å². The number of imidazole rings is 1. The minimum Gasteiger partial charge on any atom is -0.475 e. The van der Waals surface area contributed by atoms with E-state index in [-0.39, 0.29) is 18.0 Å². The van der Waals surface area contributed by atoms with E-state index in [0.717, 1.165) is 36.2 Å². The van der Waals surface area contributed by atoms with Gasteiger partial charge in [0.05, 0.1) is 11.0 Å². The van der Waals surface area contributed by atoms with Crippen LogP contribution in [0.15, 0.2) is 23.0 Å². The van der Waals surface area contributed by atoms with E-state index in [0.29, 0.717) is 12.5 Å². The number of likely N-dealkylation sites (N-methyl/N-ethyl adjacent to an activating group) is 1. The van der Waals surface area contributed by atoms with E-state index in [1.54, 1.807) is 11.6 Å². The van der Waals surface area contributed by atoms with Crippen LogP contribution in [0.2, 0.25) is 0 Å². The van der Waals surface area contributed by atoms with Crippen molar-refractivity contribution in [2.45, 2.75) is 37.6 Å². The molecule has 2 aromatic rings. The average Bonchev–Trinajstić information content (AvgIpc) is 2.95. The average molecular weight is 471 g/mol. The minimum atomic E-state index is -5.08. The van der Waals surface area contributed by atoms with Crippen LogP contribution in [0.5, 0.6) is 0 Å². The fraction of sp³-hybridized carbons (Fsp3) is 0.500. The van der Waals surface area contributed by atoms with Crippen LogP contribution in [0.4, 0.5) is 13.2 Å². The number of nitrogens with one attached hydrogen (secondary N) is 2. The Morgan fingerprint density at radius 2 is 1.88 bits per heavy atom. The van der Waals surface area contributed by atoms with Gasteiger partial charge in [0.2, 0.25) is 11.8 Å². The second-order valence-electron chi connectivity index (χ2n) is 7.95. The van der Waals surface area contributed by atoms with Crippen LogP contribution >= 0.6 is 0 Å². The Morgan fingerprint density at radius 1 is 1.24 bits per heavy atom. The number of hydrogen-bond acceptors (Lipinski definition) is 6. The molecular formula is C20H24F3N5O5.